The number of rotatable bonds is 6. The fourth-order valence-corrected chi connectivity index (χ4v) is 4.17. The van der Waals surface area contributed by atoms with Crippen molar-refractivity contribution >= 4 is 40.7 Å². The molecule has 0 spiro atoms. The van der Waals surface area contributed by atoms with Gasteiger partial charge in [-0.05, 0) is 48.9 Å². The Morgan fingerprint density at radius 2 is 1.68 bits per heavy atom. The number of ether oxygens (including phenoxy) is 4. The third-order valence-corrected chi connectivity index (χ3v) is 5.91. The molecule has 1 N–H and O–H groups in total. The molecular formula is C24H21N3O6S. The van der Waals surface area contributed by atoms with Gasteiger partial charge in [0.25, 0.3) is 5.91 Å². The van der Waals surface area contributed by atoms with Gasteiger partial charge in [-0.2, -0.15) is 4.99 Å². The van der Waals surface area contributed by atoms with Crippen LogP contribution in [0.15, 0.2) is 58.1 Å². The van der Waals surface area contributed by atoms with E-state index in [4.69, 9.17) is 24.4 Å². The van der Waals surface area contributed by atoms with E-state index in [0.717, 1.165) is 4.91 Å². The summed E-state index contributed by atoms with van der Waals surface area (Å²) in [6.45, 7) is 1.89. The molecule has 4 rings (SSSR count). The maximum Gasteiger partial charge on any atom is 0.343 e. The molecule has 0 fully saturated rings. The highest BCUT2D eigenvalue weighted by molar-refractivity contribution is 8.17. The van der Waals surface area contributed by atoms with Gasteiger partial charge in [0.2, 0.25) is 0 Å². The van der Waals surface area contributed by atoms with Crippen LogP contribution in [0.5, 0.6) is 23.0 Å². The Morgan fingerprint density at radius 1 is 1.00 bits per heavy atom. The van der Waals surface area contributed by atoms with Gasteiger partial charge in [-0.25, -0.2) is 4.79 Å². The topological polar surface area (TPSA) is 111 Å². The largest absolute Gasteiger partial charge is 0.493 e. The van der Waals surface area contributed by atoms with E-state index < -0.39 is 11.9 Å². The number of esters is 1. The molecular weight excluding hydrogens is 458 g/mol. The molecule has 0 saturated heterocycles. The van der Waals surface area contributed by atoms with E-state index in [9.17, 15) is 9.59 Å². The number of fused-ring (bicyclic) bond motifs is 1. The van der Waals surface area contributed by atoms with E-state index in [-0.39, 0.29) is 28.5 Å². The Labute approximate surface area is 200 Å². The molecule has 10 heteroatoms. The second kappa shape index (κ2) is 9.44. The average Bonchev–Trinajstić information content (AvgIpc) is 3.21. The summed E-state index contributed by atoms with van der Waals surface area (Å²) in [5, 5.41) is 8.88. The fraction of sp³-hybridized carbons (Fsp3) is 0.167. The number of hydrogen-bond donors (Lipinski definition) is 1. The van der Waals surface area contributed by atoms with Gasteiger partial charge in [-0.3, -0.25) is 15.1 Å². The third-order valence-electron chi connectivity index (χ3n) is 5.01. The number of carbonyl (C=O) groups excluding carboxylic acids is 2. The molecule has 2 aliphatic heterocycles. The minimum atomic E-state index is -0.606. The van der Waals surface area contributed by atoms with Crippen molar-refractivity contribution in [3.8, 4) is 23.0 Å². The minimum absolute atomic E-state index is 0.0438. The van der Waals surface area contributed by atoms with Gasteiger partial charge in [0.15, 0.2) is 28.2 Å². The van der Waals surface area contributed by atoms with Crippen LogP contribution in [0.25, 0.3) is 6.08 Å². The summed E-state index contributed by atoms with van der Waals surface area (Å²) in [5.41, 5.74) is 1.00. The van der Waals surface area contributed by atoms with Crippen LogP contribution in [0.4, 0.5) is 0 Å². The molecule has 0 unspecified atom stereocenters. The highest BCUT2D eigenvalue weighted by Crippen LogP contribution is 2.34. The van der Waals surface area contributed by atoms with Gasteiger partial charge in [0.1, 0.15) is 5.84 Å². The SMILES string of the molecule is COc1ccc(C(=O)Oc2ccc(/C=C3/C(=N)N4C=C(C)SC4=NC3=O)cc2OC)cc1OC. The number of thioether (sulfide) groups is 1. The van der Waals surface area contributed by atoms with Gasteiger partial charge in [0.05, 0.1) is 32.5 Å². The van der Waals surface area contributed by atoms with Crippen LogP contribution in [0.3, 0.4) is 0 Å². The van der Waals surface area contributed by atoms with E-state index in [2.05, 4.69) is 4.99 Å². The van der Waals surface area contributed by atoms with E-state index in [1.165, 1.54) is 39.2 Å². The monoisotopic (exact) mass is 479 g/mol. The molecule has 2 heterocycles. The lowest BCUT2D eigenvalue weighted by Crippen LogP contribution is -2.35. The quantitative estimate of drug-likeness (QED) is 0.375. The zero-order valence-corrected chi connectivity index (χ0v) is 19.7. The van der Waals surface area contributed by atoms with Gasteiger partial charge in [0, 0.05) is 11.1 Å². The molecule has 2 aromatic carbocycles. The first-order valence-corrected chi connectivity index (χ1v) is 10.9. The van der Waals surface area contributed by atoms with Gasteiger partial charge in [-0.15, -0.1) is 0 Å². The number of amidine groups is 2. The van der Waals surface area contributed by atoms with Gasteiger partial charge < -0.3 is 18.9 Å². The van der Waals surface area contributed by atoms with Gasteiger partial charge in [-0.1, -0.05) is 17.8 Å². The molecule has 0 radical (unpaired) electrons. The molecule has 174 valence electrons. The van der Waals surface area contributed by atoms with Crippen molar-refractivity contribution in [1.29, 1.82) is 5.41 Å². The van der Waals surface area contributed by atoms with Crippen molar-refractivity contribution in [2.45, 2.75) is 6.92 Å². The maximum absolute atomic E-state index is 12.7. The number of amides is 1. The summed E-state index contributed by atoms with van der Waals surface area (Å²) in [6.07, 6.45) is 3.32. The van der Waals surface area contributed by atoms with Crippen LogP contribution >= 0.6 is 11.8 Å². The number of allylic oxidation sites excluding steroid dienone is 1. The lowest BCUT2D eigenvalue weighted by atomic mass is 10.1. The van der Waals surface area contributed by atoms with E-state index >= 15 is 0 Å². The fourth-order valence-electron chi connectivity index (χ4n) is 3.35. The number of aliphatic imine (C=N–C) groups is 1. The molecule has 0 bridgehead atoms. The number of benzene rings is 2. The first-order valence-electron chi connectivity index (χ1n) is 10.1. The molecule has 1 amide bonds. The van der Waals surface area contributed by atoms with Crippen LogP contribution in [-0.2, 0) is 4.79 Å². The second-order valence-corrected chi connectivity index (χ2v) is 8.40. The summed E-state index contributed by atoms with van der Waals surface area (Å²) < 4.78 is 21.3. The number of nitrogens with one attached hydrogen (secondary N) is 1. The zero-order valence-electron chi connectivity index (χ0n) is 18.9. The summed E-state index contributed by atoms with van der Waals surface area (Å²) in [7, 11) is 4.43. The van der Waals surface area contributed by atoms with Crippen molar-refractivity contribution < 1.29 is 28.5 Å². The normalized spacial score (nSPS) is 16.1. The Bertz CT molecular complexity index is 1300. The van der Waals surface area contributed by atoms with Crippen LogP contribution in [0, 0.1) is 5.41 Å². The summed E-state index contributed by atoms with van der Waals surface area (Å²) >= 11 is 1.35. The second-order valence-electron chi connectivity index (χ2n) is 7.19. The molecule has 2 aromatic rings. The first-order chi connectivity index (χ1) is 16.3. The van der Waals surface area contributed by atoms with Crippen LogP contribution in [0.1, 0.15) is 22.8 Å². The maximum atomic E-state index is 12.7. The number of nitrogens with zero attached hydrogens (tertiary/aromatic N) is 2. The molecule has 0 aromatic heterocycles. The van der Waals surface area contributed by atoms with E-state index in [1.54, 1.807) is 47.5 Å². The zero-order chi connectivity index (χ0) is 24.4. The molecule has 0 saturated carbocycles. The highest BCUT2D eigenvalue weighted by atomic mass is 32.2. The van der Waals surface area contributed by atoms with Crippen molar-refractivity contribution in [2.24, 2.45) is 4.99 Å². The smallest absolute Gasteiger partial charge is 0.343 e. The lowest BCUT2D eigenvalue weighted by Gasteiger charge is -2.22. The highest BCUT2D eigenvalue weighted by Gasteiger charge is 2.32. The summed E-state index contributed by atoms with van der Waals surface area (Å²) in [4.78, 5) is 31.8. The summed E-state index contributed by atoms with van der Waals surface area (Å²) in [5.74, 6) is 0.324. The van der Waals surface area contributed by atoms with Crippen LogP contribution in [0.2, 0.25) is 0 Å². The number of hydrogen-bond acceptors (Lipinski definition) is 8. The standard InChI is InChI=1S/C24H21N3O6S/c1-13-12-27-21(25)16(22(28)26-24(27)34-13)9-14-5-7-18(19(10-14)31-3)33-23(29)15-6-8-17(30-2)20(11-15)32-4/h5-12,25H,1-4H3/b16-9-,25-21?. The Hall–Kier alpha value is -4.05. The molecule has 0 atom stereocenters. The van der Waals surface area contributed by atoms with Crippen molar-refractivity contribution in [3.05, 3.63) is 64.2 Å². The summed E-state index contributed by atoms with van der Waals surface area (Å²) in [6, 6.07) is 9.54. The first kappa shape index (κ1) is 23.1. The molecule has 2 aliphatic rings. The van der Waals surface area contributed by atoms with E-state index in [1.807, 2.05) is 6.92 Å². The van der Waals surface area contributed by atoms with Crippen LogP contribution in [-0.4, -0.2) is 49.1 Å². The van der Waals surface area contributed by atoms with E-state index in [0.29, 0.717) is 22.2 Å². The van der Waals surface area contributed by atoms with Crippen molar-refractivity contribution in [3.63, 3.8) is 0 Å². The number of methoxy groups -OCH3 is 3. The molecule has 9 nitrogen and oxygen atoms in total. The Balaban J connectivity index is 1.58. The third kappa shape index (κ3) is 4.40. The van der Waals surface area contributed by atoms with Crippen LogP contribution < -0.4 is 18.9 Å². The predicted molar refractivity (Wildman–Crippen MR) is 129 cm³/mol. The number of carbonyl (C=O) groups is 2. The lowest BCUT2D eigenvalue weighted by molar-refractivity contribution is -0.114. The molecule has 34 heavy (non-hydrogen) atoms. The van der Waals surface area contributed by atoms with Crippen molar-refractivity contribution in [2.75, 3.05) is 21.3 Å². The minimum Gasteiger partial charge on any atom is -0.493 e. The Kier molecular flexibility index (Phi) is 6.42. The average molecular weight is 480 g/mol. The van der Waals surface area contributed by atoms with Crippen molar-refractivity contribution in [1.82, 2.24) is 4.90 Å². The predicted octanol–water partition coefficient (Wildman–Crippen LogP) is 4.10. The molecule has 0 aliphatic carbocycles. The van der Waals surface area contributed by atoms with Gasteiger partial charge >= 0.3 is 5.97 Å². The Morgan fingerprint density at radius 3 is 2.38 bits per heavy atom.